The summed E-state index contributed by atoms with van der Waals surface area (Å²) in [5.74, 6) is 3.20. The van der Waals surface area contributed by atoms with Crippen LogP contribution >= 0.6 is 0 Å². The monoisotopic (exact) mass is 1110 g/mol. The van der Waals surface area contributed by atoms with E-state index >= 15 is 0 Å². The van der Waals surface area contributed by atoms with E-state index in [1.165, 1.54) is 33.6 Å². The predicted octanol–water partition coefficient (Wildman–Crippen LogP) is 18.0. The van der Waals surface area contributed by atoms with Crippen LogP contribution in [0.1, 0.15) is 111 Å². The van der Waals surface area contributed by atoms with E-state index in [2.05, 4.69) is 174 Å². The Balaban J connectivity index is 0.000000191. The van der Waals surface area contributed by atoms with E-state index in [0.717, 1.165) is 88.3 Å². The van der Waals surface area contributed by atoms with Crippen molar-refractivity contribution in [3.63, 3.8) is 0 Å². The van der Waals surface area contributed by atoms with Crippen molar-refractivity contribution >= 4 is 65.6 Å². The van der Waals surface area contributed by atoms with Crippen molar-refractivity contribution in [3.05, 3.63) is 204 Å². The number of furan rings is 1. The molecule has 0 bridgehead atoms. The molecule has 0 saturated heterocycles. The van der Waals surface area contributed by atoms with Gasteiger partial charge in [-0.15, -0.1) is 54.1 Å². The first-order valence-corrected chi connectivity index (χ1v) is 24.6. The summed E-state index contributed by atoms with van der Waals surface area (Å²) in [6.07, 6.45) is 0. The molecule has 0 aliphatic heterocycles. The largest absolute Gasteiger partial charge is 0.501 e. The minimum Gasteiger partial charge on any atom is -0.501 e. The van der Waals surface area contributed by atoms with E-state index in [9.17, 15) is 0 Å². The summed E-state index contributed by atoms with van der Waals surface area (Å²) in [5.41, 5.74) is 15.4. The van der Waals surface area contributed by atoms with Gasteiger partial charge in [0.15, 0.2) is 0 Å². The van der Waals surface area contributed by atoms with Crippen molar-refractivity contribution in [1.82, 2.24) is 19.1 Å². The van der Waals surface area contributed by atoms with Gasteiger partial charge in [-0.1, -0.05) is 157 Å². The summed E-state index contributed by atoms with van der Waals surface area (Å²) in [7, 11) is 0. The predicted molar refractivity (Wildman–Crippen MR) is 294 cm³/mol. The molecule has 355 valence electrons. The van der Waals surface area contributed by atoms with Crippen molar-refractivity contribution in [2.75, 3.05) is 0 Å². The number of rotatable bonds is 8. The normalized spacial score (nSPS) is 12.6. The average Bonchev–Trinajstić information content (AvgIpc) is 4.09. The summed E-state index contributed by atoms with van der Waals surface area (Å²) in [6.45, 7) is 15.8. The number of imidazole rings is 2. The first-order valence-electron chi connectivity index (χ1n) is 26.1. The Morgan fingerprint density at radius 1 is 0.479 bits per heavy atom. The summed E-state index contributed by atoms with van der Waals surface area (Å²) < 4.78 is 35.6. The maximum Gasteiger partial charge on any atom is 0.121 e. The summed E-state index contributed by atoms with van der Waals surface area (Å²) in [4.78, 5) is 10.2. The molecular formula is C65H58IrN4O-2. The fourth-order valence-electron chi connectivity index (χ4n) is 10.4. The van der Waals surface area contributed by atoms with Crippen molar-refractivity contribution in [2.24, 2.45) is 0 Å². The molecule has 3 aromatic heterocycles. The van der Waals surface area contributed by atoms with E-state index in [4.69, 9.17) is 18.5 Å². The van der Waals surface area contributed by atoms with Gasteiger partial charge in [0, 0.05) is 41.0 Å². The molecule has 6 heteroatoms. The van der Waals surface area contributed by atoms with Gasteiger partial charge < -0.3 is 13.6 Å². The van der Waals surface area contributed by atoms with Crippen LogP contribution < -0.4 is 0 Å². The Morgan fingerprint density at radius 2 is 1.04 bits per heavy atom. The molecule has 0 spiro atoms. The minimum atomic E-state index is -2.20. The third kappa shape index (κ3) is 8.27. The molecule has 12 rings (SSSR count). The number of para-hydroxylation sites is 6. The maximum atomic E-state index is 8.07. The molecule has 5 nitrogen and oxygen atoms in total. The van der Waals surface area contributed by atoms with E-state index in [1.807, 2.05) is 60.7 Å². The van der Waals surface area contributed by atoms with Crippen LogP contribution in [0.4, 0.5) is 0 Å². The molecule has 0 unspecified atom stereocenters. The van der Waals surface area contributed by atoms with Crippen molar-refractivity contribution in [2.45, 2.75) is 85.9 Å². The summed E-state index contributed by atoms with van der Waals surface area (Å²) >= 11 is 0. The van der Waals surface area contributed by atoms with Gasteiger partial charge in [0.05, 0.1) is 39.3 Å². The molecular weight excluding hydrogens is 1040 g/mol. The van der Waals surface area contributed by atoms with E-state index in [-0.39, 0.29) is 20.1 Å². The van der Waals surface area contributed by atoms with Crippen molar-refractivity contribution < 1.29 is 28.6 Å². The Kier molecular flexibility index (Phi) is 11.9. The summed E-state index contributed by atoms with van der Waals surface area (Å²) in [5, 5.41) is 5.60. The third-order valence-corrected chi connectivity index (χ3v) is 13.9. The molecule has 71 heavy (non-hydrogen) atoms. The van der Waals surface area contributed by atoms with Gasteiger partial charge in [-0.2, -0.15) is 0 Å². The van der Waals surface area contributed by atoms with Gasteiger partial charge >= 0.3 is 0 Å². The molecule has 0 N–H and O–H groups in total. The van der Waals surface area contributed by atoms with Crippen LogP contribution in [0.3, 0.4) is 0 Å². The SMILES string of the molecule is CC(C)c1cccc(C(C)C)c1-n1c(-c2[c-]cccc2)nc2ccccc21.[2H]C([2H])([2H])c1cccc2c1ccc1cc3c(cc12)oc1c(-c2nc4ccccc4n2-c2c(C(C)C)cccc2C(C)C)[c-]ccc13.[Ir]. The molecule has 1 radical (unpaired) electrons. The molecule has 0 amide bonds. The number of hydrogen-bond acceptors (Lipinski definition) is 3. The zero-order valence-corrected chi connectivity index (χ0v) is 43.8. The topological polar surface area (TPSA) is 48.8 Å². The molecule has 3 heterocycles. The van der Waals surface area contributed by atoms with Crippen molar-refractivity contribution in [1.29, 1.82) is 0 Å². The Morgan fingerprint density at radius 3 is 1.62 bits per heavy atom. The Hall–Kier alpha value is -7.11. The Bertz CT molecular complexity index is 3990. The van der Waals surface area contributed by atoms with Crippen LogP contribution in [-0.4, -0.2) is 19.1 Å². The molecule has 0 aliphatic carbocycles. The zero-order chi connectivity index (χ0) is 50.9. The van der Waals surface area contributed by atoms with Crippen LogP contribution in [0.5, 0.6) is 0 Å². The Labute approximate surface area is 434 Å². The number of hydrogen-bond donors (Lipinski definition) is 0. The second-order valence-corrected chi connectivity index (χ2v) is 19.7. The van der Waals surface area contributed by atoms with Crippen LogP contribution in [0.25, 0.3) is 99.7 Å². The van der Waals surface area contributed by atoms with Gasteiger partial charge in [0.2, 0.25) is 0 Å². The van der Waals surface area contributed by atoms with E-state index in [0.29, 0.717) is 29.2 Å². The first kappa shape index (κ1) is 43.9. The van der Waals surface area contributed by atoms with Gasteiger partial charge in [-0.05, 0) is 116 Å². The van der Waals surface area contributed by atoms with Gasteiger partial charge in [-0.25, -0.2) is 0 Å². The molecule has 0 fully saturated rings. The number of aromatic nitrogens is 4. The van der Waals surface area contributed by atoms with Gasteiger partial charge in [0.25, 0.3) is 0 Å². The molecule has 9 aromatic carbocycles. The number of benzene rings is 9. The molecule has 12 aromatic rings. The van der Waals surface area contributed by atoms with Crippen LogP contribution in [-0.2, 0) is 20.1 Å². The molecule has 0 atom stereocenters. The fraction of sp³-hybridized carbons (Fsp3) is 0.200. The smallest absolute Gasteiger partial charge is 0.121 e. The third-order valence-electron chi connectivity index (χ3n) is 13.9. The van der Waals surface area contributed by atoms with Crippen LogP contribution in [0.2, 0.25) is 0 Å². The van der Waals surface area contributed by atoms with Crippen molar-refractivity contribution in [3.8, 4) is 34.2 Å². The zero-order valence-electron chi connectivity index (χ0n) is 44.4. The van der Waals surface area contributed by atoms with Crippen LogP contribution in [0.15, 0.2) is 168 Å². The second kappa shape index (κ2) is 19.2. The fourth-order valence-corrected chi connectivity index (χ4v) is 10.4. The minimum absolute atomic E-state index is 0. The quantitative estimate of drug-likeness (QED) is 0.113. The van der Waals surface area contributed by atoms with Gasteiger partial charge in [-0.3, -0.25) is 9.97 Å². The number of nitrogens with zero attached hydrogens (tertiary/aromatic N) is 4. The van der Waals surface area contributed by atoms with Crippen LogP contribution in [0, 0.1) is 19.0 Å². The van der Waals surface area contributed by atoms with Gasteiger partial charge in [0.1, 0.15) is 5.58 Å². The first-order chi connectivity index (χ1) is 35.2. The molecule has 0 aliphatic rings. The summed E-state index contributed by atoms with van der Waals surface area (Å²) in [6, 6.07) is 62.6. The maximum absolute atomic E-state index is 8.07. The number of fused-ring (bicyclic) bond motifs is 8. The standard InChI is InChI=1S/C40H33N2O.C25H25N2.Ir/c1-23(2)27-12-9-13-28(24(3)4)38(27)42-36-18-7-6-17-35(36)41-40(42)32-16-10-15-31-34-21-26-19-20-29-25(5)11-8-14-30(29)33(26)22-37(34)43-39(31)32;1-17(2)20-13-10-14-21(18(3)4)24(20)27-23-16-9-8-15-22(23)26-25(27)19-11-6-5-7-12-19;/h6-15,17-24H,1-5H3;5-11,13-18H,1-4H3;/q2*-1;/i5D3;;. The van der Waals surface area contributed by atoms with E-state index in [1.54, 1.807) is 6.07 Å². The second-order valence-electron chi connectivity index (χ2n) is 19.7. The average molecular weight is 1110 g/mol. The molecule has 0 saturated carbocycles. The van der Waals surface area contributed by atoms with E-state index < -0.39 is 6.85 Å². The number of aryl methyl sites for hydroxylation is 1.